The van der Waals surface area contributed by atoms with Crippen molar-refractivity contribution in [3.63, 3.8) is 0 Å². The lowest BCUT2D eigenvalue weighted by Crippen LogP contribution is -2.55. The highest BCUT2D eigenvalue weighted by atomic mass is 16.5. The molecule has 3 N–H and O–H groups in total. The van der Waals surface area contributed by atoms with Gasteiger partial charge in [0.25, 0.3) is 5.91 Å². The largest absolute Gasteiger partial charge is 0.495 e. The number of amides is 2. The van der Waals surface area contributed by atoms with E-state index in [1.165, 1.54) is 0 Å². The number of carbonyl (C=O) groups excluding carboxylic acids is 2. The standard InChI is InChI=1S/C34H48N8O4/c1-5-20-46-21-16-35-15-19-41-17-13-25(14-18-41)37-32(43)24-11-12-27(30(22-24)45-4)38-34-36-23-29-31(39-34)42(26-9-7-8-10-26)28(6-2)33(44)40(29)3/h1,11-12,22-23,25-26,28,35H,6-10,13-21H2,2-4H3,(H,37,43)(H,36,38,39)/t28-/m1/s1. The van der Waals surface area contributed by atoms with E-state index in [0.29, 0.717) is 42.6 Å². The van der Waals surface area contributed by atoms with Gasteiger partial charge >= 0.3 is 0 Å². The first-order valence-electron chi connectivity index (χ1n) is 16.6. The van der Waals surface area contributed by atoms with Crippen LogP contribution in [0.4, 0.5) is 23.1 Å². The smallest absolute Gasteiger partial charge is 0.251 e. The second kappa shape index (κ2) is 16.1. The Labute approximate surface area is 272 Å². The number of carbonyl (C=O) groups is 2. The van der Waals surface area contributed by atoms with Crippen LogP contribution in [0, 0.1) is 12.3 Å². The molecule has 0 unspecified atom stereocenters. The topological polar surface area (TPSA) is 124 Å². The number of hydrogen-bond donors (Lipinski definition) is 3. The van der Waals surface area contributed by atoms with Crippen molar-refractivity contribution in [3.05, 3.63) is 30.0 Å². The number of likely N-dealkylation sites (tertiary alicyclic amines) is 1. The van der Waals surface area contributed by atoms with Gasteiger partial charge in [-0.3, -0.25) is 9.59 Å². The molecule has 248 valence electrons. The van der Waals surface area contributed by atoms with Crippen LogP contribution in [0.25, 0.3) is 0 Å². The molecule has 3 heterocycles. The van der Waals surface area contributed by atoms with E-state index in [0.717, 1.165) is 82.8 Å². The Balaban J connectivity index is 1.18. The van der Waals surface area contributed by atoms with Gasteiger partial charge in [-0.25, -0.2) is 4.98 Å². The third kappa shape index (κ3) is 7.89. The second-order valence-electron chi connectivity index (χ2n) is 12.2. The minimum absolute atomic E-state index is 0.0825. The maximum absolute atomic E-state index is 13.2. The Hall–Kier alpha value is -3.92. The molecule has 2 amide bonds. The van der Waals surface area contributed by atoms with Gasteiger partial charge in [0.05, 0.1) is 25.6 Å². The fourth-order valence-electron chi connectivity index (χ4n) is 6.71. The van der Waals surface area contributed by atoms with Crippen LogP contribution in [0.5, 0.6) is 5.75 Å². The Morgan fingerprint density at radius 1 is 1.15 bits per heavy atom. The molecule has 1 saturated heterocycles. The summed E-state index contributed by atoms with van der Waals surface area (Å²) in [6.45, 7) is 7.52. The summed E-state index contributed by atoms with van der Waals surface area (Å²) in [7, 11) is 3.38. The molecular weight excluding hydrogens is 584 g/mol. The number of aromatic nitrogens is 2. The molecule has 3 aliphatic rings. The van der Waals surface area contributed by atoms with Gasteiger partial charge in [-0.1, -0.05) is 25.7 Å². The lowest BCUT2D eigenvalue weighted by Gasteiger charge is -2.43. The summed E-state index contributed by atoms with van der Waals surface area (Å²) >= 11 is 0. The Morgan fingerprint density at radius 2 is 1.93 bits per heavy atom. The average Bonchev–Trinajstić information content (AvgIpc) is 3.61. The third-order valence-corrected chi connectivity index (χ3v) is 9.26. The Bertz CT molecular complexity index is 1380. The van der Waals surface area contributed by atoms with Crippen LogP contribution in [0.15, 0.2) is 24.4 Å². The second-order valence-corrected chi connectivity index (χ2v) is 12.2. The molecule has 1 saturated carbocycles. The molecule has 46 heavy (non-hydrogen) atoms. The van der Waals surface area contributed by atoms with Crippen molar-refractivity contribution >= 4 is 35.0 Å². The van der Waals surface area contributed by atoms with Gasteiger partial charge in [-0.15, -0.1) is 6.42 Å². The van der Waals surface area contributed by atoms with E-state index in [9.17, 15) is 9.59 Å². The quantitative estimate of drug-likeness (QED) is 0.211. The molecule has 0 bridgehead atoms. The number of hydrogen-bond acceptors (Lipinski definition) is 10. The van der Waals surface area contributed by atoms with Crippen LogP contribution in [0.3, 0.4) is 0 Å². The van der Waals surface area contributed by atoms with E-state index < -0.39 is 0 Å². The van der Waals surface area contributed by atoms with Crippen LogP contribution in [-0.4, -0.2) is 105 Å². The van der Waals surface area contributed by atoms with E-state index >= 15 is 0 Å². The van der Waals surface area contributed by atoms with Gasteiger partial charge in [0.2, 0.25) is 11.9 Å². The zero-order valence-electron chi connectivity index (χ0n) is 27.4. The minimum atomic E-state index is -0.241. The number of piperidine rings is 1. The molecule has 1 aromatic carbocycles. The first kappa shape index (κ1) is 33.4. The van der Waals surface area contributed by atoms with Crippen LogP contribution >= 0.6 is 0 Å². The number of rotatable bonds is 14. The third-order valence-electron chi connectivity index (χ3n) is 9.26. The van der Waals surface area contributed by atoms with Crippen LogP contribution in [0.1, 0.15) is 62.2 Å². The van der Waals surface area contributed by atoms with E-state index in [-0.39, 0.29) is 29.9 Å². The predicted molar refractivity (Wildman–Crippen MR) is 180 cm³/mol. The Kier molecular flexibility index (Phi) is 11.7. The van der Waals surface area contributed by atoms with Crippen molar-refractivity contribution < 1.29 is 19.1 Å². The number of fused-ring (bicyclic) bond motifs is 1. The molecule has 12 heteroatoms. The van der Waals surface area contributed by atoms with E-state index in [1.807, 2.05) is 6.07 Å². The molecular formula is C34H48N8O4. The van der Waals surface area contributed by atoms with Crippen molar-refractivity contribution in [2.24, 2.45) is 0 Å². The highest BCUT2D eigenvalue weighted by molar-refractivity contribution is 6.04. The normalized spacial score (nSPS) is 19.2. The van der Waals surface area contributed by atoms with E-state index in [2.05, 4.69) is 43.6 Å². The number of nitrogens with one attached hydrogen (secondary N) is 3. The molecule has 1 aromatic heterocycles. The summed E-state index contributed by atoms with van der Waals surface area (Å²) in [6, 6.07) is 5.53. The lowest BCUT2D eigenvalue weighted by atomic mass is 10.0. The van der Waals surface area contributed by atoms with E-state index in [4.69, 9.17) is 20.9 Å². The number of likely N-dealkylation sites (N-methyl/N-ethyl adjacent to an activating group) is 1. The summed E-state index contributed by atoms with van der Waals surface area (Å²) in [5.41, 5.74) is 1.91. The summed E-state index contributed by atoms with van der Waals surface area (Å²) in [6.07, 6.45) is 13.8. The van der Waals surface area contributed by atoms with Crippen LogP contribution < -0.4 is 30.5 Å². The van der Waals surface area contributed by atoms with Crippen molar-refractivity contribution in [1.82, 2.24) is 25.5 Å². The zero-order valence-corrected chi connectivity index (χ0v) is 27.4. The fourth-order valence-corrected chi connectivity index (χ4v) is 6.71. The molecule has 1 aliphatic carbocycles. The SMILES string of the molecule is C#CCOCCNCCN1CCC(NC(=O)c2ccc(Nc3ncc4c(n3)N(C3CCCC3)[C@H](CC)C(=O)N4C)c(OC)c2)CC1. The first-order valence-corrected chi connectivity index (χ1v) is 16.6. The number of ether oxygens (including phenoxy) is 2. The zero-order chi connectivity index (χ0) is 32.5. The monoisotopic (exact) mass is 632 g/mol. The van der Waals surface area contributed by atoms with Gasteiger partial charge in [-0.2, -0.15) is 4.98 Å². The average molecular weight is 633 g/mol. The van der Waals surface area contributed by atoms with Gasteiger partial charge < -0.3 is 40.1 Å². The number of anilines is 4. The van der Waals surface area contributed by atoms with Crippen LogP contribution in [-0.2, 0) is 9.53 Å². The molecule has 2 fully saturated rings. The Morgan fingerprint density at radius 3 is 2.65 bits per heavy atom. The molecule has 5 rings (SSSR count). The fraction of sp³-hybridized carbons (Fsp3) is 0.588. The van der Waals surface area contributed by atoms with Gasteiger partial charge in [0.1, 0.15) is 24.1 Å². The summed E-state index contributed by atoms with van der Waals surface area (Å²) in [5, 5.41) is 9.87. The lowest BCUT2D eigenvalue weighted by molar-refractivity contribution is -0.120. The number of benzene rings is 1. The number of nitrogens with zero attached hydrogens (tertiary/aromatic N) is 5. The maximum atomic E-state index is 13.2. The van der Waals surface area contributed by atoms with Crippen molar-refractivity contribution in [3.8, 4) is 18.1 Å². The molecule has 2 aromatic rings. The highest BCUT2D eigenvalue weighted by Crippen LogP contribution is 2.40. The molecule has 12 nitrogen and oxygen atoms in total. The minimum Gasteiger partial charge on any atom is -0.495 e. The number of terminal acetylenes is 1. The maximum Gasteiger partial charge on any atom is 0.251 e. The van der Waals surface area contributed by atoms with Crippen LogP contribution in [0.2, 0.25) is 0 Å². The van der Waals surface area contributed by atoms with E-state index in [1.54, 1.807) is 37.4 Å². The van der Waals surface area contributed by atoms with Crippen molar-refractivity contribution in [2.75, 3.05) is 75.2 Å². The number of methoxy groups -OCH3 is 1. The van der Waals surface area contributed by atoms with Crippen molar-refractivity contribution in [2.45, 2.75) is 70.0 Å². The van der Waals surface area contributed by atoms with Gasteiger partial charge in [0, 0.05) is 57.4 Å². The predicted octanol–water partition coefficient (Wildman–Crippen LogP) is 3.17. The van der Waals surface area contributed by atoms with Gasteiger partial charge in [0.15, 0.2) is 5.82 Å². The summed E-state index contributed by atoms with van der Waals surface area (Å²) in [5.74, 6) is 4.14. The van der Waals surface area contributed by atoms with Gasteiger partial charge in [-0.05, 0) is 50.3 Å². The summed E-state index contributed by atoms with van der Waals surface area (Å²) < 4.78 is 11.0. The first-order chi connectivity index (χ1) is 22.4. The summed E-state index contributed by atoms with van der Waals surface area (Å²) in [4.78, 5) is 42.2. The molecule has 0 radical (unpaired) electrons. The molecule has 0 spiro atoms. The highest BCUT2D eigenvalue weighted by Gasteiger charge is 2.41. The molecule has 1 atom stereocenters. The van der Waals surface area contributed by atoms with Crippen molar-refractivity contribution in [1.29, 1.82) is 0 Å². The molecule has 2 aliphatic heterocycles.